The van der Waals surface area contributed by atoms with E-state index in [1.807, 2.05) is 24.3 Å². The molecule has 0 spiro atoms. The third-order valence-corrected chi connectivity index (χ3v) is 3.71. The van der Waals surface area contributed by atoms with Crippen LogP contribution in [0.15, 0.2) is 42.5 Å². The van der Waals surface area contributed by atoms with Gasteiger partial charge in [0, 0.05) is 17.3 Å². The zero-order valence-electron chi connectivity index (χ0n) is 10.9. The SMILES string of the molecule is Nc1cccc(-c2nc3ccc(F)cc3n2C2CC2)c1. The van der Waals surface area contributed by atoms with Crippen molar-refractivity contribution in [2.75, 3.05) is 5.73 Å². The van der Waals surface area contributed by atoms with Crippen molar-refractivity contribution in [3.8, 4) is 11.4 Å². The maximum Gasteiger partial charge on any atom is 0.141 e. The van der Waals surface area contributed by atoms with Gasteiger partial charge in [-0.25, -0.2) is 9.37 Å². The Labute approximate surface area is 115 Å². The van der Waals surface area contributed by atoms with Crippen LogP contribution in [-0.4, -0.2) is 9.55 Å². The summed E-state index contributed by atoms with van der Waals surface area (Å²) < 4.78 is 15.7. The Morgan fingerprint density at radius 2 is 2.00 bits per heavy atom. The van der Waals surface area contributed by atoms with E-state index in [-0.39, 0.29) is 5.82 Å². The van der Waals surface area contributed by atoms with E-state index >= 15 is 0 Å². The quantitative estimate of drug-likeness (QED) is 0.718. The number of hydrogen-bond donors (Lipinski definition) is 1. The number of rotatable bonds is 2. The summed E-state index contributed by atoms with van der Waals surface area (Å²) in [5, 5.41) is 0. The highest BCUT2D eigenvalue weighted by molar-refractivity contribution is 5.81. The summed E-state index contributed by atoms with van der Waals surface area (Å²) >= 11 is 0. The molecule has 0 saturated heterocycles. The van der Waals surface area contributed by atoms with Crippen molar-refractivity contribution in [1.29, 1.82) is 0 Å². The Balaban J connectivity index is 2.01. The lowest BCUT2D eigenvalue weighted by molar-refractivity contribution is 0.628. The molecule has 1 aromatic heterocycles. The van der Waals surface area contributed by atoms with E-state index in [0.29, 0.717) is 11.7 Å². The van der Waals surface area contributed by atoms with Gasteiger partial charge in [-0.1, -0.05) is 12.1 Å². The molecule has 1 fully saturated rings. The molecule has 0 bridgehead atoms. The van der Waals surface area contributed by atoms with Crippen LogP contribution >= 0.6 is 0 Å². The number of benzene rings is 2. The molecule has 4 rings (SSSR count). The number of anilines is 1. The van der Waals surface area contributed by atoms with Crippen LogP contribution in [0.4, 0.5) is 10.1 Å². The topological polar surface area (TPSA) is 43.8 Å². The standard InChI is InChI=1S/C16H14FN3/c17-11-4-7-14-15(9-11)20(13-5-6-13)16(19-14)10-2-1-3-12(18)8-10/h1-4,7-9,13H,5-6,18H2. The van der Waals surface area contributed by atoms with Crippen LogP contribution in [0, 0.1) is 5.82 Å². The van der Waals surface area contributed by atoms with Crippen molar-refractivity contribution in [3.05, 3.63) is 48.3 Å². The molecule has 0 radical (unpaired) electrons. The van der Waals surface area contributed by atoms with Crippen molar-refractivity contribution in [2.24, 2.45) is 0 Å². The number of aromatic nitrogens is 2. The summed E-state index contributed by atoms with van der Waals surface area (Å²) in [6, 6.07) is 12.9. The lowest BCUT2D eigenvalue weighted by atomic mass is 10.2. The first-order chi connectivity index (χ1) is 9.72. The molecule has 1 saturated carbocycles. The Bertz CT molecular complexity index is 803. The van der Waals surface area contributed by atoms with Gasteiger partial charge in [0.1, 0.15) is 11.6 Å². The number of nitrogens with two attached hydrogens (primary N) is 1. The number of nitrogens with zero attached hydrogens (tertiary/aromatic N) is 2. The van der Waals surface area contributed by atoms with E-state index in [1.165, 1.54) is 6.07 Å². The van der Waals surface area contributed by atoms with E-state index in [4.69, 9.17) is 5.73 Å². The van der Waals surface area contributed by atoms with E-state index in [9.17, 15) is 4.39 Å². The van der Waals surface area contributed by atoms with Gasteiger partial charge in [0.05, 0.1) is 11.0 Å². The van der Waals surface area contributed by atoms with E-state index < -0.39 is 0 Å². The normalized spacial score (nSPS) is 14.8. The summed E-state index contributed by atoms with van der Waals surface area (Å²) in [5.74, 6) is 0.652. The highest BCUT2D eigenvalue weighted by Crippen LogP contribution is 2.41. The minimum Gasteiger partial charge on any atom is -0.399 e. The van der Waals surface area contributed by atoms with E-state index in [2.05, 4.69) is 9.55 Å². The van der Waals surface area contributed by atoms with Crippen molar-refractivity contribution in [3.63, 3.8) is 0 Å². The lowest BCUT2D eigenvalue weighted by Gasteiger charge is -2.08. The van der Waals surface area contributed by atoms with Gasteiger partial charge in [-0.2, -0.15) is 0 Å². The highest BCUT2D eigenvalue weighted by Gasteiger charge is 2.28. The van der Waals surface area contributed by atoms with Crippen molar-refractivity contribution >= 4 is 16.7 Å². The first-order valence-electron chi connectivity index (χ1n) is 6.76. The van der Waals surface area contributed by atoms with Crippen LogP contribution in [0.2, 0.25) is 0 Å². The van der Waals surface area contributed by atoms with Crippen LogP contribution in [0.25, 0.3) is 22.4 Å². The van der Waals surface area contributed by atoms with E-state index in [0.717, 1.165) is 35.3 Å². The van der Waals surface area contributed by atoms with Crippen LogP contribution in [0.1, 0.15) is 18.9 Å². The molecule has 1 aliphatic rings. The molecule has 1 heterocycles. The Hall–Kier alpha value is -2.36. The van der Waals surface area contributed by atoms with Crippen molar-refractivity contribution in [2.45, 2.75) is 18.9 Å². The largest absolute Gasteiger partial charge is 0.399 e. The minimum atomic E-state index is -0.224. The van der Waals surface area contributed by atoms with Gasteiger partial charge in [-0.3, -0.25) is 0 Å². The van der Waals surface area contributed by atoms with Gasteiger partial charge < -0.3 is 10.3 Å². The number of halogens is 1. The molecule has 20 heavy (non-hydrogen) atoms. The summed E-state index contributed by atoms with van der Waals surface area (Å²) in [4.78, 5) is 4.67. The minimum absolute atomic E-state index is 0.224. The lowest BCUT2D eigenvalue weighted by Crippen LogP contribution is -1.98. The monoisotopic (exact) mass is 267 g/mol. The van der Waals surface area contributed by atoms with Gasteiger partial charge in [0.25, 0.3) is 0 Å². The Kier molecular flexibility index (Phi) is 2.33. The predicted molar refractivity (Wildman–Crippen MR) is 77.8 cm³/mol. The zero-order chi connectivity index (χ0) is 13.7. The first-order valence-corrected chi connectivity index (χ1v) is 6.76. The van der Waals surface area contributed by atoms with E-state index in [1.54, 1.807) is 12.1 Å². The third kappa shape index (κ3) is 1.76. The summed E-state index contributed by atoms with van der Waals surface area (Å²) in [5.41, 5.74) is 9.25. The average Bonchev–Trinajstić information content (AvgIpc) is 3.19. The fourth-order valence-corrected chi connectivity index (χ4v) is 2.65. The Morgan fingerprint density at radius 3 is 2.75 bits per heavy atom. The van der Waals surface area contributed by atoms with Crippen molar-refractivity contribution in [1.82, 2.24) is 9.55 Å². The third-order valence-electron chi connectivity index (χ3n) is 3.71. The number of nitrogen functional groups attached to an aromatic ring is 1. The van der Waals surface area contributed by atoms with Crippen LogP contribution in [-0.2, 0) is 0 Å². The molecule has 3 nitrogen and oxygen atoms in total. The molecule has 0 atom stereocenters. The predicted octanol–water partition coefficient (Wildman–Crippen LogP) is 3.76. The molecule has 0 amide bonds. The summed E-state index contributed by atoms with van der Waals surface area (Å²) in [7, 11) is 0. The molecule has 100 valence electrons. The second kappa shape index (κ2) is 4.07. The van der Waals surface area contributed by atoms with Crippen LogP contribution < -0.4 is 5.73 Å². The molecular weight excluding hydrogens is 253 g/mol. The average molecular weight is 267 g/mol. The molecular formula is C16H14FN3. The summed E-state index contributed by atoms with van der Waals surface area (Å²) in [6.07, 6.45) is 2.24. The second-order valence-corrected chi connectivity index (χ2v) is 5.30. The molecule has 4 heteroatoms. The first kappa shape index (κ1) is 11.5. The zero-order valence-corrected chi connectivity index (χ0v) is 10.9. The number of fused-ring (bicyclic) bond motifs is 1. The van der Waals surface area contributed by atoms with Crippen LogP contribution in [0.5, 0.6) is 0 Å². The number of imidazole rings is 1. The molecule has 1 aliphatic carbocycles. The smallest absolute Gasteiger partial charge is 0.141 e. The second-order valence-electron chi connectivity index (χ2n) is 5.30. The van der Waals surface area contributed by atoms with Gasteiger partial charge in [0.2, 0.25) is 0 Å². The number of hydrogen-bond acceptors (Lipinski definition) is 2. The summed E-state index contributed by atoms with van der Waals surface area (Å²) in [6.45, 7) is 0. The molecule has 0 unspecified atom stereocenters. The molecule has 3 aromatic rings. The Morgan fingerprint density at radius 1 is 1.15 bits per heavy atom. The molecule has 0 aliphatic heterocycles. The van der Waals surface area contributed by atoms with Gasteiger partial charge in [0.15, 0.2) is 0 Å². The maximum absolute atomic E-state index is 13.5. The fraction of sp³-hybridized carbons (Fsp3) is 0.188. The fourth-order valence-electron chi connectivity index (χ4n) is 2.65. The highest BCUT2D eigenvalue weighted by atomic mass is 19.1. The van der Waals surface area contributed by atoms with Gasteiger partial charge in [-0.15, -0.1) is 0 Å². The van der Waals surface area contributed by atoms with Crippen molar-refractivity contribution < 1.29 is 4.39 Å². The van der Waals surface area contributed by atoms with Gasteiger partial charge in [-0.05, 0) is 43.2 Å². The maximum atomic E-state index is 13.5. The van der Waals surface area contributed by atoms with Crippen LogP contribution in [0.3, 0.4) is 0 Å². The molecule has 2 N–H and O–H groups in total. The molecule has 2 aromatic carbocycles. The van der Waals surface area contributed by atoms with Gasteiger partial charge >= 0.3 is 0 Å².